The molecule has 3 rings (SSSR count). The van der Waals surface area contributed by atoms with Crippen LogP contribution in [0.3, 0.4) is 0 Å². The minimum atomic E-state index is -0.406. The van der Waals surface area contributed by atoms with E-state index in [-0.39, 0.29) is 0 Å². The minimum Gasteiger partial charge on any atom is -0.398 e. The molecule has 0 saturated heterocycles. The summed E-state index contributed by atoms with van der Waals surface area (Å²) in [6, 6.07) is 7.88. The zero-order valence-electron chi connectivity index (χ0n) is 9.85. The lowest BCUT2D eigenvalue weighted by Crippen LogP contribution is -2.10. The van der Waals surface area contributed by atoms with E-state index in [2.05, 4.69) is 6.07 Å². The van der Waals surface area contributed by atoms with Crippen LogP contribution in [-0.4, -0.2) is 5.91 Å². The van der Waals surface area contributed by atoms with Crippen LogP contribution in [0.4, 0.5) is 5.69 Å². The van der Waals surface area contributed by atoms with Gasteiger partial charge in [0.2, 0.25) is 5.91 Å². The normalized spacial score (nSPS) is 14.7. The van der Waals surface area contributed by atoms with Crippen LogP contribution in [-0.2, 0) is 0 Å². The number of rotatable bonds is 3. The maximum Gasteiger partial charge on any atom is 0.250 e. The molecule has 0 aliphatic heterocycles. The zero-order chi connectivity index (χ0) is 12.7. The molecular formula is C14H14N2OS. The number of anilines is 1. The summed E-state index contributed by atoms with van der Waals surface area (Å²) in [4.78, 5) is 12.2. The molecule has 1 aromatic heterocycles. The van der Waals surface area contributed by atoms with E-state index in [4.69, 9.17) is 11.5 Å². The second-order valence-electron chi connectivity index (χ2n) is 4.65. The summed E-state index contributed by atoms with van der Waals surface area (Å²) in [6.07, 6.45) is 2.51. The topological polar surface area (TPSA) is 69.1 Å². The predicted octanol–water partition coefficient (Wildman–Crippen LogP) is 2.97. The van der Waals surface area contributed by atoms with Gasteiger partial charge in [0.15, 0.2) is 0 Å². The first-order valence-electron chi connectivity index (χ1n) is 5.94. The van der Waals surface area contributed by atoms with Gasteiger partial charge in [0, 0.05) is 16.1 Å². The summed E-state index contributed by atoms with van der Waals surface area (Å²) in [5, 5.41) is 1.86. The van der Waals surface area contributed by atoms with Crippen molar-refractivity contribution in [2.75, 3.05) is 5.73 Å². The Labute approximate surface area is 109 Å². The molecule has 4 heteroatoms. The fourth-order valence-electron chi connectivity index (χ4n) is 2.17. The third-order valence-corrected chi connectivity index (χ3v) is 4.25. The van der Waals surface area contributed by atoms with Crippen LogP contribution in [0.15, 0.2) is 29.6 Å². The third kappa shape index (κ3) is 1.88. The summed E-state index contributed by atoms with van der Waals surface area (Å²) >= 11 is 1.49. The van der Waals surface area contributed by atoms with E-state index < -0.39 is 5.91 Å². The van der Waals surface area contributed by atoms with Gasteiger partial charge in [-0.25, -0.2) is 0 Å². The minimum absolute atomic E-state index is 0.406. The molecular weight excluding hydrogens is 244 g/mol. The van der Waals surface area contributed by atoms with Crippen molar-refractivity contribution in [2.45, 2.75) is 18.8 Å². The Morgan fingerprint density at radius 2 is 2.06 bits per heavy atom. The largest absolute Gasteiger partial charge is 0.398 e. The van der Waals surface area contributed by atoms with Crippen LogP contribution in [0.5, 0.6) is 0 Å². The van der Waals surface area contributed by atoms with E-state index in [9.17, 15) is 4.79 Å². The number of carbonyl (C=O) groups excluding carboxylic acids is 1. The number of nitrogen functional groups attached to an aromatic ring is 1. The molecule has 1 aliphatic rings. The highest BCUT2D eigenvalue weighted by Gasteiger charge is 2.24. The lowest BCUT2D eigenvalue weighted by atomic mass is 10.0. The van der Waals surface area contributed by atoms with Crippen LogP contribution in [0.2, 0.25) is 0 Å². The van der Waals surface area contributed by atoms with E-state index in [1.54, 1.807) is 6.07 Å². The van der Waals surface area contributed by atoms with Gasteiger partial charge in [-0.15, -0.1) is 11.3 Å². The lowest BCUT2D eigenvalue weighted by Gasteiger charge is -2.07. The van der Waals surface area contributed by atoms with Gasteiger partial charge in [-0.2, -0.15) is 0 Å². The van der Waals surface area contributed by atoms with E-state index in [1.165, 1.54) is 29.7 Å². The van der Waals surface area contributed by atoms with Crippen molar-refractivity contribution in [3.8, 4) is 10.4 Å². The fourth-order valence-corrected chi connectivity index (χ4v) is 3.12. The lowest BCUT2D eigenvalue weighted by molar-refractivity contribution is 0.100. The van der Waals surface area contributed by atoms with Crippen molar-refractivity contribution in [1.29, 1.82) is 0 Å². The summed E-state index contributed by atoms with van der Waals surface area (Å²) in [5.74, 6) is 0.275. The quantitative estimate of drug-likeness (QED) is 0.831. The van der Waals surface area contributed by atoms with Gasteiger partial charge in [-0.05, 0) is 41.8 Å². The standard InChI is InChI=1S/C14H14N2OS/c15-12-7-9(8-1-2-8)3-4-10(12)13-11(14(16)17)5-6-18-13/h3-8H,1-2,15H2,(H2,16,17). The van der Waals surface area contributed by atoms with Crippen LogP contribution in [0.1, 0.15) is 34.7 Å². The number of carbonyl (C=O) groups is 1. The first-order valence-corrected chi connectivity index (χ1v) is 6.82. The molecule has 1 saturated carbocycles. The van der Waals surface area contributed by atoms with Gasteiger partial charge in [0.1, 0.15) is 0 Å². The summed E-state index contributed by atoms with van der Waals surface area (Å²) in [7, 11) is 0. The maximum absolute atomic E-state index is 11.3. The number of primary amides is 1. The Bertz CT molecular complexity index is 614. The van der Waals surface area contributed by atoms with Crippen molar-refractivity contribution in [1.82, 2.24) is 0 Å². The molecule has 1 fully saturated rings. The number of thiophene rings is 1. The molecule has 92 valence electrons. The first-order chi connectivity index (χ1) is 8.66. The molecule has 2 aromatic rings. The monoisotopic (exact) mass is 258 g/mol. The molecule has 0 atom stereocenters. The second-order valence-corrected chi connectivity index (χ2v) is 5.56. The van der Waals surface area contributed by atoms with Crippen molar-refractivity contribution >= 4 is 22.9 Å². The summed E-state index contributed by atoms with van der Waals surface area (Å²) in [5.41, 5.74) is 14.9. The van der Waals surface area contributed by atoms with Gasteiger partial charge >= 0.3 is 0 Å². The van der Waals surface area contributed by atoms with Gasteiger partial charge in [-0.3, -0.25) is 4.79 Å². The smallest absolute Gasteiger partial charge is 0.250 e. The number of nitrogens with two attached hydrogens (primary N) is 2. The maximum atomic E-state index is 11.3. The highest BCUT2D eigenvalue weighted by molar-refractivity contribution is 7.14. The van der Waals surface area contributed by atoms with Crippen LogP contribution in [0, 0.1) is 0 Å². The first kappa shape index (κ1) is 11.3. The molecule has 4 N–H and O–H groups in total. The Hall–Kier alpha value is -1.81. The Morgan fingerprint density at radius 1 is 1.28 bits per heavy atom. The average molecular weight is 258 g/mol. The van der Waals surface area contributed by atoms with E-state index in [0.717, 1.165) is 16.1 Å². The molecule has 0 spiro atoms. The average Bonchev–Trinajstić information content (AvgIpc) is 3.07. The van der Waals surface area contributed by atoms with Gasteiger partial charge in [0.05, 0.1) is 5.56 Å². The van der Waals surface area contributed by atoms with E-state index >= 15 is 0 Å². The molecule has 1 aromatic carbocycles. The Morgan fingerprint density at radius 3 is 2.67 bits per heavy atom. The number of hydrogen-bond acceptors (Lipinski definition) is 3. The molecule has 1 aliphatic carbocycles. The molecule has 0 bridgehead atoms. The highest BCUT2D eigenvalue weighted by atomic mass is 32.1. The van der Waals surface area contributed by atoms with Gasteiger partial charge in [0.25, 0.3) is 0 Å². The Kier molecular flexibility index (Phi) is 2.59. The molecule has 18 heavy (non-hydrogen) atoms. The second kappa shape index (κ2) is 4.14. The van der Waals surface area contributed by atoms with E-state index in [0.29, 0.717) is 11.5 Å². The molecule has 0 radical (unpaired) electrons. The third-order valence-electron chi connectivity index (χ3n) is 3.30. The fraction of sp³-hybridized carbons (Fsp3) is 0.214. The number of amides is 1. The Balaban J connectivity index is 2.05. The zero-order valence-corrected chi connectivity index (χ0v) is 10.7. The summed E-state index contributed by atoms with van der Waals surface area (Å²) < 4.78 is 0. The molecule has 1 heterocycles. The summed E-state index contributed by atoms with van der Waals surface area (Å²) in [6.45, 7) is 0. The van der Waals surface area contributed by atoms with Gasteiger partial charge in [-0.1, -0.05) is 12.1 Å². The van der Waals surface area contributed by atoms with Crippen LogP contribution >= 0.6 is 11.3 Å². The van der Waals surface area contributed by atoms with Gasteiger partial charge < -0.3 is 11.5 Å². The van der Waals surface area contributed by atoms with Crippen LogP contribution < -0.4 is 11.5 Å². The highest BCUT2D eigenvalue weighted by Crippen LogP contribution is 2.42. The SMILES string of the molecule is NC(=O)c1ccsc1-c1ccc(C2CC2)cc1N. The van der Waals surface area contributed by atoms with Crippen molar-refractivity contribution < 1.29 is 4.79 Å². The molecule has 0 unspecified atom stereocenters. The number of benzene rings is 1. The van der Waals surface area contributed by atoms with E-state index in [1.807, 2.05) is 17.5 Å². The van der Waals surface area contributed by atoms with Crippen LogP contribution in [0.25, 0.3) is 10.4 Å². The van der Waals surface area contributed by atoms with Crippen molar-refractivity contribution in [2.24, 2.45) is 5.73 Å². The number of hydrogen-bond donors (Lipinski definition) is 2. The molecule has 3 nitrogen and oxygen atoms in total. The van der Waals surface area contributed by atoms with Crippen molar-refractivity contribution in [3.63, 3.8) is 0 Å². The predicted molar refractivity (Wildman–Crippen MR) is 74.7 cm³/mol. The van der Waals surface area contributed by atoms with Crippen molar-refractivity contribution in [3.05, 3.63) is 40.8 Å². The molecule has 1 amide bonds.